The Balaban J connectivity index is 1.69. The summed E-state index contributed by atoms with van der Waals surface area (Å²) in [5.41, 5.74) is 3.28. The molecule has 0 bridgehead atoms. The number of ether oxygens (including phenoxy) is 1. The molecule has 0 saturated carbocycles. The highest BCUT2D eigenvalue weighted by Gasteiger charge is 2.15. The minimum absolute atomic E-state index is 0.0622. The van der Waals surface area contributed by atoms with Gasteiger partial charge in [0, 0.05) is 23.8 Å². The molecule has 0 saturated heterocycles. The van der Waals surface area contributed by atoms with E-state index in [-0.39, 0.29) is 5.56 Å². The van der Waals surface area contributed by atoms with Gasteiger partial charge in [0.05, 0.1) is 13.2 Å². The van der Waals surface area contributed by atoms with Gasteiger partial charge < -0.3 is 9.72 Å². The molecule has 0 fully saturated rings. The van der Waals surface area contributed by atoms with Crippen molar-refractivity contribution >= 4 is 39.8 Å². The number of nitrogens with one attached hydrogen (secondary N) is 1. The summed E-state index contributed by atoms with van der Waals surface area (Å²) in [5.74, 6) is 0.724. The zero-order chi connectivity index (χ0) is 19.3. The van der Waals surface area contributed by atoms with Crippen molar-refractivity contribution in [3.05, 3.63) is 76.6 Å². The number of para-hydroxylation sites is 1. The van der Waals surface area contributed by atoms with Gasteiger partial charge in [-0.15, -0.1) is 0 Å². The number of aromatic nitrogens is 3. The van der Waals surface area contributed by atoms with Crippen molar-refractivity contribution in [2.75, 3.05) is 19.5 Å². The van der Waals surface area contributed by atoms with Crippen LogP contribution in [-0.4, -0.2) is 34.0 Å². The lowest BCUT2D eigenvalue weighted by Crippen LogP contribution is -2.25. The first kappa shape index (κ1) is 18.5. The van der Waals surface area contributed by atoms with Crippen molar-refractivity contribution in [1.29, 1.82) is 0 Å². The number of thioether (sulfide) groups is 1. The van der Waals surface area contributed by atoms with Crippen LogP contribution in [0.15, 0.2) is 70.6 Å². The van der Waals surface area contributed by atoms with E-state index in [1.165, 1.54) is 0 Å². The first-order chi connectivity index (χ1) is 13.8. The summed E-state index contributed by atoms with van der Waals surface area (Å²) >= 11 is 1.55. The predicted octanol–water partition coefficient (Wildman–Crippen LogP) is 4.33. The summed E-state index contributed by atoms with van der Waals surface area (Å²) in [5, 5.41) is 1.67. The summed E-state index contributed by atoms with van der Waals surface area (Å²) in [6.45, 7) is 0.930. The molecule has 4 aromatic rings. The number of H-pyrrole nitrogens is 1. The summed E-state index contributed by atoms with van der Waals surface area (Å²) < 4.78 is 6.89. The summed E-state index contributed by atoms with van der Waals surface area (Å²) in [4.78, 5) is 21.1. The van der Waals surface area contributed by atoms with Crippen LogP contribution in [0.3, 0.4) is 0 Å². The molecule has 6 heteroatoms. The number of methoxy groups -OCH3 is 1. The molecule has 0 unspecified atom stereocenters. The third kappa shape index (κ3) is 3.74. The minimum atomic E-state index is -0.0622. The Morgan fingerprint density at radius 1 is 1.14 bits per heavy atom. The van der Waals surface area contributed by atoms with Crippen molar-refractivity contribution < 1.29 is 4.74 Å². The Kier molecular flexibility index (Phi) is 5.60. The molecule has 142 valence electrons. The van der Waals surface area contributed by atoms with Gasteiger partial charge in [0.1, 0.15) is 11.0 Å². The van der Waals surface area contributed by atoms with Crippen LogP contribution in [0, 0.1) is 0 Å². The fourth-order valence-corrected chi connectivity index (χ4v) is 3.96. The first-order valence-electron chi connectivity index (χ1n) is 9.12. The monoisotopic (exact) mass is 391 g/mol. The Morgan fingerprint density at radius 2 is 1.93 bits per heavy atom. The number of rotatable bonds is 7. The molecule has 28 heavy (non-hydrogen) atoms. The predicted molar refractivity (Wildman–Crippen MR) is 116 cm³/mol. The van der Waals surface area contributed by atoms with Gasteiger partial charge in [0.25, 0.3) is 5.56 Å². The summed E-state index contributed by atoms with van der Waals surface area (Å²) in [6.07, 6.45) is 4.17. The maximum Gasteiger partial charge on any atom is 0.278 e. The third-order valence-electron chi connectivity index (χ3n) is 4.51. The topological polar surface area (TPSA) is 59.9 Å². The Bertz CT molecular complexity index is 1180. The molecule has 2 aromatic heterocycles. The zero-order valence-electron chi connectivity index (χ0n) is 15.6. The van der Waals surface area contributed by atoms with Gasteiger partial charge in [-0.3, -0.25) is 9.36 Å². The summed E-state index contributed by atoms with van der Waals surface area (Å²) in [6, 6.07) is 18.0. The highest BCUT2D eigenvalue weighted by molar-refractivity contribution is 7.99. The largest absolute Gasteiger partial charge is 0.383 e. The van der Waals surface area contributed by atoms with E-state index in [1.807, 2.05) is 42.5 Å². The Hall–Kier alpha value is -2.83. The smallest absolute Gasteiger partial charge is 0.278 e. The number of hydrogen-bond acceptors (Lipinski definition) is 4. The van der Waals surface area contributed by atoms with Crippen molar-refractivity contribution in [3.8, 4) is 0 Å². The van der Waals surface area contributed by atoms with E-state index >= 15 is 0 Å². The van der Waals surface area contributed by atoms with Crippen LogP contribution in [0.25, 0.3) is 28.0 Å². The number of hydrogen-bond donors (Lipinski definition) is 1. The van der Waals surface area contributed by atoms with Gasteiger partial charge in [-0.2, -0.15) is 0 Å². The highest BCUT2D eigenvalue weighted by Crippen LogP contribution is 2.24. The molecule has 0 aliphatic rings. The first-order valence-corrected chi connectivity index (χ1v) is 10.1. The lowest BCUT2D eigenvalue weighted by Gasteiger charge is -2.10. The molecule has 0 amide bonds. The molecule has 0 aliphatic carbocycles. The lowest BCUT2D eigenvalue weighted by atomic mass is 10.2. The number of benzene rings is 2. The number of fused-ring (bicyclic) bond motifs is 3. The lowest BCUT2D eigenvalue weighted by molar-refractivity contribution is 0.183. The fraction of sp³-hybridized carbons (Fsp3) is 0.182. The van der Waals surface area contributed by atoms with Crippen LogP contribution in [0.5, 0.6) is 0 Å². The van der Waals surface area contributed by atoms with Crippen LogP contribution in [0.4, 0.5) is 0 Å². The normalized spacial score (nSPS) is 11.8. The maximum absolute atomic E-state index is 13.1. The fourth-order valence-electron chi connectivity index (χ4n) is 3.14. The second kappa shape index (κ2) is 8.46. The van der Waals surface area contributed by atoms with E-state index in [2.05, 4.69) is 29.3 Å². The second-order valence-electron chi connectivity index (χ2n) is 6.36. The van der Waals surface area contributed by atoms with E-state index < -0.39 is 0 Å². The summed E-state index contributed by atoms with van der Waals surface area (Å²) in [7, 11) is 1.63. The highest BCUT2D eigenvalue weighted by atomic mass is 32.2. The van der Waals surface area contributed by atoms with E-state index in [0.29, 0.717) is 23.8 Å². The van der Waals surface area contributed by atoms with E-state index in [9.17, 15) is 4.79 Å². The van der Waals surface area contributed by atoms with Gasteiger partial charge >= 0.3 is 0 Å². The SMILES string of the molecule is COCCn1c(SC/C=C/c2ccccc2)nc2c([nH]c3ccccc32)c1=O. The van der Waals surface area contributed by atoms with Crippen LogP contribution in [-0.2, 0) is 11.3 Å². The molecule has 2 aromatic carbocycles. The molecule has 2 heterocycles. The molecule has 0 atom stereocenters. The van der Waals surface area contributed by atoms with Gasteiger partial charge in [-0.05, 0) is 11.6 Å². The van der Waals surface area contributed by atoms with E-state index in [0.717, 1.165) is 27.7 Å². The second-order valence-corrected chi connectivity index (χ2v) is 7.35. The van der Waals surface area contributed by atoms with Gasteiger partial charge in [-0.25, -0.2) is 4.98 Å². The average molecular weight is 391 g/mol. The molecule has 0 radical (unpaired) electrons. The van der Waals surface area contributed by atoms with Crippen LogP contribution < -0.4 is 5.56 Å². The average Bonchev–Trinajstić information content (AvgIpc) is 3.11. The Morgan fingerprint density at radius 3 is 2.75 bits per heavy atom. The standard InChI is InChI=1S/C22H21N3O2S/c1-27-14-13-25-21(26)20-19(17-11-5-6-12-18(17)23-20)24-22(25)28-15-7-10-16-8-3-2-4-9-16/h2-12,23H,13-15H2,1H3/b10-7+. The van der Waals surface area contributed by atoms with Crippen molar-refractivity contribution in [2.45, 2.75) is 11.7 Å². The molecular weight excluding hydrogens is 370 g/mol. The molecule has 4 rings (SSSR count). The van der Waals surface area contributed by atoms with Crippen LogP contribution >= 0.6 is 11.8 Å². The molecular formula is C22H21N3O2S. The van der Waals surface area contributed by atoms with Crippen LogP contribution in [0.2, 0.25) is 0 Å². The molecule has 0 aliphatic heterocycles. The number of aromatic amines is 1. The molecule has 0 spiro atoms. The van der Waals surface area contributed by atoms with Crippen molar-refractivity contribution in [1.82, 2.24) is 14.5 Å². The molecule has 1 N–H and O–H groups in total. The van der Waals surface area contributed by atoms with Crippen molar-refractivity contribution in [3.63, 3.8) is 0 Å². The van der Waals surface area contributed by atoms with E-state index in [4.69, 9.17) is 9.72 Å². The van der Waals surface area contributed by atoms with Gasteiger partial charge in [0.2, 0.25) is 0 Å². The van der Waals surface area contributed by atoms with Crippen LogP contribution in [0.1, 0.15) is 5.56 Å². The maximum atomic E-state index is 13.1. The number of nitrogens with zero attached hydrogens (tertiary/aromatic N) is 2. The van der Waals surface area contributed by atoms with E-state index in [1.54, 1.807) is 23.4 Å². The minimum Gasteiger partial charge on any atom is -0.383 e. The zero-order valence-corrected chi connectivity index (χ0v) is 16.4. The van der Waals surface area contributed by atoms with Crippen molar-refractivity contribution in [2.24, 2.45) is 0 Å². The van der Waals surface area contributed by atoms with Gasteiger partial charge in [0.15, 0.2) is 5.16 Å². The Labute approximate surface area is 167 Å². The third-order valence-corrected chi connectivity index (χ3v) is 5.44. The van der Waals surface area contributed by atoms with Gasteiger partial charge in [-0.1, -0.05) is 72.4 Å². The molecule has 5 nitrogen and oxygen atoms in total. The quantitative estimate of drug-likeness (QED) is 0.376.